The number of nitrogens with one attached hydrogen (secondary N) is 2. The minimum Gasteiger partial charge on any atom is -0.357 e. The number of nitrogens with two attached hydrogens (primary N) is 1. The molecule has 1 heterocycles. The lowest BCUT2D eigenvalue weighted by atomic mass is 10.1. The van der Waals surface area contributed by atoms with Crippen LogP contribution in [0.1, 0.15) is 18.7 Å². The minimum absolute atomic E-state index is 0. The summed E-state index contributed by atoms with van der Waals surface area (Å²) in [6.07, 6.45) is 0.998. The lowest BCUT2D eigenvalue weighted by Crippen LogP contribution is -2.40. The molecule has 0 aromatic carbocycles. The second kappa shape index (κ2) is 11.2. The summed E-state index contributed by atoms with van der Waals surface area (Å²) in [5.41, 5.74) is 0. The van der Waals surface area contributed by atoms with Crippen LogP contribution in [0.2, 0.25) is 0 Å². The third-order valence-corrected chi connectivity index (χ3v) is 4.39. The molecule has 0 saturated heterocycles. The van der Waals surface area contributed by atoms with Crippen LogP contribution in [0.3, 0.4) is 0 Å². The highest BCUT2D eigenvalue weighted by Crippen LogP contribution is 2.14. The number of thiophene rings is 1. The first kappa shape index (κ1) is 21.6. The van der Waals surface area contributed by atoms with Crippen LogP contribution in [0, 0.1) is 5.92 Å². The monoisotopic (exact) mass is 460 g/mol. The SMILES string of the molecule is CCNC(=NCC(C)Cc1cccs1)NCCS(N)(=O)=O.I. The lowest BCUT2D eigenvalue weighted by Gasteiger charge is -2.12. The van der Waals surface area contributed by atoms with E-state index in [1.54, 1.807) is 11.3 Å². The molecule has 1 rings (SSSR count). The maximum Gasteiger partial charge on any atom is 0.210 e. The molecule has 22 heavy (non-hydrogen) atoms. The van der Waals surface area contributed by atoms with Gasteiger partial charge in [0.15, 0.2) is 5.96 Å². The van der Waals surface area contributed by atoms with Crippen LogP contribution in [0.25, 0.3) is 0 Å². The highest BCUT2D eigenvalue weighted by atomic mass is 127. The van der Waals surface area contributed by atoms with E-state index in [0.29, 0.717) is 18.4 Å². The van der Waals surface area contributed by atoms with E-state index in [-0.39, 0.29) is 36.3 Å². The van der Waals surface area contributed by atoms with Crippen LogP contribution in [-0.4, -0.2) is 39.8 Å². The molecular weight excluding hydrogens is 435 g/mol. The number of guanidine groups is 1. The Balaban J connectivity index is 0.00000441. The fourth-order valence-electron chi connectivity index (χ4n) is 1.74. The van der Waals surface area contributed by atoms with Crippen LogP contribution in [-0.2, 0) is 16.4 Å². The Morgan fingerprint density at radius 2 is 2.18 bits per heavy atom. The van der Waals surface area contributed by atoms with Gasteiger partial charge >= 0.3 is 0 Å². The van der Waals surface area contributed by atoms with E-state index < -0.39 is 10.0 Å². The highest BCUT2D eigenvalue weighted by Gasteiger charge is 2.06. The van der Waals surface area contributed by atoms with Crippen molar-refractivity contribution in [1.82, 2.24) is 10.6 Å². The van der Waals surface area contributed by atoms with E-state index >= 15 is 0 Å². The van der Waals surface area contributed by atoms with Crippen LogP contribution in [0.5, 0.6) is 0 Å². The van der Waals surface area contributed by atoms with E-state index in [9.17, 15) is 8.42 Å². The molecule has 1 atom stereocenters. The molecule has 1 unspecified atom stereocenters. The third kappa shape index (κ3) is 10.4. The molecule has 1 aromatic rings. The molecule has 0 aliphatic rings. The number of rotatable bonds is 8. The van der Waals surface area contributed by atoms with E-state index in [1.807, 2.05) is 6.92 Å². The van der Waals surface area contributed by atoms with Gasteiger partial charge in [-0.3, -0.25) is 4.99 Å². The van der Waals surface area contributed by atoms with E-state index in [1.165, 1.54) is 4.88 Å². The molecule has 0 amide bonds. The van der Waals surface area contributed by atoms with Gasteiger partial charge in [0.2, 0.25) is 10.0 Å². The van der Waals surface area contributed by atoms with Gasteiger partial charge in [-0.05, 0) is 30.7 Å². The van der Waals surface area contributed by atoms with Gasteiger partial charge in [-0.15, -0.1) is 35.3 Å². The van der Waals surface area contributed by atoms with Crippen molar-refractivity contribution in [2.45, 2.75) is 20.3 Å². The Bertz CT molecular complexity index is 532. The van der Waals surface area contributed by atoms with Gasteiger partial charge < -0.3 is 10.6 Å². The van der Waals surface area contributed by atoms with Crippen molar-refractivity contribution in [2.24, 2.45) is 16.0 Å². The summed E-state index contributed by atoms with van der Waals surface area (Å²) in [4.78, 5) is 5.83. The molecule has 0 spiro atoms. The Labute approximate surface area is 154 Å². The first-order chi connectivity index (χ1) is 9.90. The van der Waals surface area contributed by atoms with Crippen molar-refractivity contribution < 1.29 is 8.42 Å². The Hall–Kier alpha value is -0.390. The summed E-state index contributed by atoms with van der Waals surface area (Å²) < 4.78 is 21.8. The number of halogens is 1. The Kier molecular flexibility index (Phi) is 11.0. The maximum atomic E-state index is 10.9. The average molecular weight is 460 g/mol. The van der Waals surface area contributed by atoms with Crippen molar-refractivity contribution in [3.05, 3.63) is 22.4 Å². The van der Waals surface area contributed by atoms with Crippen molar-refractivity contribution in [2.75, 3.05) is 25.4 Å². The second-order valence-electron chi connectivity index (χ2n) is 4.90. The fraction of sp³-hybridized carbons (Fsp3) is 0.615. The van der Waals surface area contributed by atoms with E-state index in [0.717, 1.165) is 13.0 Å². The molecule has 6 nitrogen and oxygen atoms in total. The van der Waals surface area contributed by atoms with Gasteiger partial charge in [-0.1, -0.05) is 13.0 Å². The zero-order valence-corrected chi connectivity index (χ0v) is 16.9. The van der Waals surface area contributed by atoms with Crippen molar-refractivity contribution >= 4 is 51.3 Å². The molecule has 0 aliphatic heterocycles. The maximum absolute atomic E-state index is 10.9. The number of hydrogen-bond donors (Lipinski definition) is 3. The molecule has 9 heteroatoms. The molecule has 0 saturated carbocycles. The topological polar surface area (TPSA) is 96.6 Å². The standard InChI is InChI=1S/C13H24N4O2S2.HI/c1-3-15-13(16-6-8-21(14,18)19)17-10-11(2)9-12-5-4-7-20-12;/h4-5,7,11H,3,6,8-10H2,1-2H3,(H2,14,18,19)(H2,15,16,17);1H. The largest absolute Gasteiger partial charge is 0.357 e. The zero-order valence-electron chi connectivity index (χ0n) is 12.9. The van der Waals surface area contributed by atoms with Gasteiger partial charge in [0, 0.05) is 24.5 Å². The molecule has 0 fully saturated rings. The van der Waals surface area contributed by atoms with Crippen LogP contribution in [0.4, 0.5) is 0 Å². The van der Waals surface area contributed by atoms with Gasteiger partial charge in [0.05, 0.1) is 5.75 Å². The van der Waals surface area contributed by atoms with E-state index in [4.69, 9.17) is 5.14 Å². The van der Waals surface area contributed by atoms with Crippen molar-refractivity contribution in [3.8, 4) is 0 Å². The first-order valence-electron chi connectivity index (χ1n) is 6.95. The fourth-order valence-corrected chi connectivity index (χ4v) is 2.99. The highest BCUT2D eigenvalue weighted by molar-refractivity contribution is 14.0. The average Bonchev–Trinajstić information content (AvgIpc) is 2.87. The van der Waals surface area contributed by atoms with Crippen molar-refractivity contribution in [1.29, 1.82) is 0 Å². The predicted octanol–water partition coefficient (Wildman–Crippen LogP) is 1.39. The molecule has 0 radical (unpaired) electrons. The zero-order chi connectivity index (χ0) is 15.7. The number of hydrogen-bond acceptors (Lipinski definition) is 4. The summed E-state index contributed by atoms with van der Waals surface area (Å²) in [5, 5.41) is 13.1. The quantitative estimate of drug-likeness (QED) is 0.310. The second-order valence-corrected chi connectivity index (χ2v) is 7.67. The van der Waals surface area contributed by atoms with Crippen LogP contribution in [0.15, 0.2) is 22.5 Å². The predicted molar refractivity (Wildman–Crippen MR) is 105 cm³/mol. The Morgan fingerprint density at radius 3 is 2.73 bits per heavy atom. The summed E-state index contributed by atoms with van der Waals surface area (Å²) >= 11 is 1.75. The third-order valence-electron chi connectivity index (χ3n) is 2.71. The molecule has 0 bridgehead atoms. The molecule has 128 valence electrons. The normalized spacial score (nSPS) is 13.3. The number of sulfonamides is 1. The lowest BCUT2D eigenvalue weighted by molar-refractivity contribution is 0.592. The van der Waals surface area contributed by atoms with Gasteiger partial charge in [-0.25, -0.2) is 13.6 Å². The summed E-state index contributed by atoms with van der Waals surface area (Å²) in [6, 6.07) is 4.18. The number of nitrogens with zero attached hydrogens (tertiary/aromatic N) is 1. The molecule has 1 aromatic heterocycles. The first-order valence-corrected chi connectivity index (χ1v) is 9.55. The molecule has 4 N–H and O–H groups in total. The summed E-state index contributed by atoms with van der Waals surface area (Å²) in [6.45, 7) is 5.77. The van der Waals surface area contributed by atoms with Gasteiger partial charge in [-0.2, -0.15) is 0 Å². The Morgan fingerprint density at radius 1 is 1.45 bits per heavy atom. The van der Waals surface area contributed by atoms with Gasteiger partial charge in [0.25, 0.3) is 0 Å². The van der Waals surface area contributed by atoms with Crippen LogP contribution < -0.4 is 15.8 Å². The summed E-state index contributed by atoms with van der Waals surface area (Å²) in [7, 11) is -3.44. The van der Waals surface area contributed by atoms with Crippen molar-refractivity contribution in [3.63, 3.8) is 0 Å². The molecule has 0 aliphatic carbocycles. The minimum atomic E-state index is -3.44. The molecular formula is C13H25IN4O2S2. The van der Waals surface area contributed by atoms with E-state index in [2.05, 4.69) is 40.1 Å². The van der Waals surface area contributed by atoms with Gasteiger partial charge in [0.1, 0.15) is 0 Å². The summed E-state index contributed by atoms with van der Waals surface area (Å²) in [5.74, 6) is 0.943. The number of primary sulfonamides is 1. The number of aliphatic imine (C=N–C) groups is 1. The smallest absolute Gasteiger partial charge is 0.210 e. The van der Waals surface area contributed by atoms with Crippen LogP contribution >= 0.6 is 35.3 Å².